The second kappa shape index (κ2) is 6.06. The van der Waals surface area contributed by atoms with E-state index >= 15 is 4.39 Å². The summed E-state index contributed by atoms with van der Waals surface area (Å²) < 4.78 is 17.2. The Morgan fingerprint density at radius 3 is 2.23 bits per heavy atom. The van der Waals surface area contributed by atoms with Crippen LogP contribution in [0.5, 0.6) is 0 Å². The largest absolute Gasteiger partial charge is 0.310 e. The summed E-state index contributed by atoms with van der Waals surface area (Å²) in [5.74, 6) is -0.241. The van der Waals surface area contributed by atoms with Crippen LogP contribution in [0.2, 0.25) is 0 Å². The van der Waals surface area contributed by atoms with Gasteiger partial charge in [-0.15, -0.1) is 0 Å². The molecule has 0 amide bonds. The van der Waals surface area contributed by atoms with Gasteiger partial charge in [0.15, 0.2) is 5.65 Å². The summed E-state index contributed by atoms with van der Waals surface area (Å²) in [5.41, 5.74) is 4.17. The third kappa shape index (κ3) is 2.77. The van der Waals surface area contributed by atoms with Gasteiger partial charge in [-0.2, -0.15) is 0 Å². The number of aromatic nitrogens is 3. The average molecular weight is 345 g/mol. The molecule has 4 aromatic rings. The van der Waals surface area contributed by atoms with E-state index < -0.39 is 0 Å². The van der Waals surface area contributed by atoms with Crippen molar-refractivity contribution in [2.24, 2.45) is 0 Å². The smallest absolute Gasteiger partial charge is 0.160 e. The van der Waals surface area contributed by atoms with E-state index in [9.17, 15) is 0 Å². The number of nitrogens with zero attached hydrogens (tertiary/aromatic N) is 3. The molecule has 0 N–H and O–H groups in total. The van der Waals surface area contributed by atoms with Crippen molar-refractivity contribution in [2.75, 3.05) is 0 Å². The Balaban J connectivity index is 1.84. The van der Waals surface area contributed by atoms with Crippen LogP contribution < -0.4 is 0 Å². The molecular formula is C22H20FN3. The van der Waals surface area contributed by atoms with E-state index in [-0.39, 0.29) is 11.4 Å². The normalized spacial score (nSPS) is 11.8. The Labute approximate surface area is 152 Å². The lowest BCUT2D eigenvalue weighted by atomic mass is 9.99. The second-order valence-electron chi connectivity index (χ2n) is 7.39. The van der Waals surface area contributed by atoms with Crippen molar-refractivity contribution in [1.82, 2.24) is 14.5 Å². The van der Waals surface area contributed by atoms with Crippen molar-refractivity contribution in [2.45, 2.75) is 26.3 Å². The summed E-state index contributed by atoms with van der Waals surface area (Å²) >= 11 is 0. The van der Waals surface area contributed by atoms with E-state index in [1.807, 2.05) is 47.0 Å². The summed E-state index contributed by atoms with van der Waals surface area (Å²) in [6.07, 6.45) is 3.51. The van der Waals surface area contributed by atoms with Crippen LogP contribution in [0.4, 0.5) is 4.39 Å². The van der Waals surface area contributed by atoms with Crippen LogP contribution in [0.1, 0.15) is 20.8 Å². The van der Waals surface area contributed by atoms with Crippen molar-refractivity contribution in [3.05, 3.63) is 72.9 Å². The van der Waals surface area contributed by atoms with E-state index in [4.69, 9.17) is 0 Å². The molecule has 0 saturated carbocycles. The third-order valence-electron chi connectivity index (χ3n) is 4.50. The average Bonchev–Trinajstić information content (AvgIpc) is 3.06. The monoisotopic (exact) mass is 345 g/mol. The van der Waals surface area contributed by atoms with Crippen molar-refractivity contribution >= 4 is 11.2 Å². The van der Waals surface area contributed by atoms with Crippen molar-refractivity contribution in [3.8, 4) is 22.3 Å². The van der Waals surface area contributed by atoms with Crippen molar-refractivity contribution < 1.29 is 4.39 Å². The number of hydrogen-bond donors (Lipinski definition) is 0. The summed E-state index contributed by atoms with van der Waals surface area (Å²) in [4.78, 5) is 9.02. The highest BCUT2D eigenvalue weighted by atomic mass is 19.1. The Hall–Kier alpha value is -3.01. The highest BCUT2D eigenvalue weighted by molar-refractivity contribution is 5.80. The van der Waals surface area contributed by atoms with Gasteiger partial charge in [0.25, 0.3) is 0 Å². The SMILES string of the molecule is CC(C)(C)n1cnc2cc(-c3cccc(-c4ccccc4)c3F)cnc21. The van der Waals surface area contributed by atoms with Gasteiger partial charge in [-0.1, -0.05) is 48.5 Å². The lowest BCUT2D eigenvalue weighted by Crippen LogP contribution is -2.20. The minimum atomic E-state index is -0.241. The molecule has 130 valence electrons. The fourth-order valence-electron chi connectivity index (χ4n) is 3.13. The Kier molecular flexibility index (Phi) is 3.83. The Bertz CT molecular complexity index is 1080. The molecule has 4 rings (SSSR count). The van der Waals surface area contributed by atoms with Crippen LogP contribution in [-0.2, 0) is 5.54 Å². The maximum atomic E-state index is 15.2. The second-order valence-corrected chi connectivity index (χ2v) is 7.39. The van der Waals surface area contributed by atoms with Gasteiger partial charge in [-0.3, -0.25) is 0 Å². The van der Waals surface area contributed by atoms with Gasteiger partial charge in [0, 0.05) is 28.4 Å². The van der Waals surface area contributed by atoms with Crippen LogP contribution in [0.25, 0.3) is 33.4 Å². The van der Waals surface area contributed by atoms with Crippen molar-refractivity contribution in [3.63, 3.8) is 0 Å². The number of rotatable bonds is 2. The Morgan fingerprint density at radius 2 is 1.54 bits per heavy atom. The molecule has 0 aliphatic heterocycles. The Morgan fingerprint density at radius 1 is 0.846 bits per heavy atom. The molecule has 26 heavy (non-hydrogen) atoms. The van der Waals surface area contributed by atoms with Crippen LogP contribution in [0.15, 0.2) is 67.1 Å². The third-order valence-corrected chi connectivity index (χ3v) is 4.50. The van der Waals surface area contributed by atoms with Crippen LogP contribution >= 0.6 is 0 Å². The van der Waals surface area contributed by atoms with E-state index in [2.05, 4.69) is 30.7 Å². The molecule has 3 nitrogen and oxygen atoms in total. The molecule has 2 aromatic heterocycles. The first-order chi connectivity index (χ1) is 12.4. The molecular weight excluding hydrogens is 325 g/mol. The van der Waals surface area contributed by atoms with E-state index in [0.29, 0.717) is 11.1 Å². The number of imidazole rings is 1. The van der Waals surface area contributed by atoms with Gasteiger partial charge < -0.3 is 4.57 Å². The van der Waals surface area contributed by atoms with Gasteiger partial charge in [-0.05, 0) is 32.4 Å². The molecule has 2 aromatic carbocycles. The minimum Gasteiger partial charge on any atom is -0.310 e. The highest BCUT2D eigenvalue weighted by Gasteiger charge is 2.18. The molecule has 0 bridgehead atoms. The van der Waals surface area contributed by atoms with Crippen LogP contribution in [0, 0.1) is 5.82 Å². The highest BCUT2D eigenvalue weighted by Crippen LogP contribution is 2.32. The van der Waals surface area contributed by atoms with Gasteiger partial charge in [0.1, 0.15) is 11.3 Å². The van der Waals surface area contributed by atoms with Crippen molar-refractivity contribution in [1.29, 1.82) is 0 Å². The zero-order valence-electron chi connectivity index (χ0n) is 15.1. The lowest BCUT2D eigenvalue weighted by Gasteiger charge is -2.20. The topological polar surface area (TPSA) is 30.7 Å². The van der Waals surface area contributed by atoms with Gasteiger partial charge in [0.2, 0.25) is 0 Å². The van der Waals surface area contributed by atoms with Gasteiger partial charge >= 0.3 is 0 Å². The number of fused-ring (bicyclic) bond motifs is 1. The first kappa shape index (κ1) is 16.5. The molecule has 0 unspecified atom stereocenters. The number of pyridine rings is 1. The molecule has 0 aliphatic rings. The predicted molar refractivity (Wildman–Crippen MR) is 103 cm³/mol. The number of halogens is 1. The fraction of sp³-hybridized carbons (Fsp3) is 0.182. The molecule has 0 saturated heterocycles. The summed E-state index contributed by atoms with van der Waals surface area (Å²) in [7, 11) is 0. The molecule has 2 heterocycles. The summed E-state index contributed by atoms with van der Waals surface area (Å²) in [5, 5.41) is 0. The zero-order chi connectivity index (χ0) is 18.3. The zero-order valence-corrected chi connectivity index (χ0v) is 15.1. The molecule has 0 aliphatic carbocycles. The summed E-state index contributed by atoms with van der Waals surface area (Å²) in [6, 6.07) is 16.9. The van der Waals surface area contributed by atoms with Gasteiger partial charge in [-0.25, -0.2) is 14.4 Å². The van der Waals surface area contributed by atoms with Crippen LogP contribution in [0.3, 0.4) is 0 Å². The lowest BCUT2D eigenvalue weighted by molar-refractivity contribution is 0.406. The van der Waals surface area contributed by atoms with E-state index in [1.165, 1.54) is 0 Å². The molecule has 4 heteroatoms. The maximum Gasteiger partial charge on any atom is 0.160 e. The number of hydrogen-bond acceptors (Lipinski definition) is 2. The number of benzene rings is 2. The molecule has 0 radical (unpaired) electrons. The van der Waals surface area contributed by atoms with Crippen LogP contribution in [-0.4, -0.2) is 14.5 Å². The first-order valence-electron chi connectivity index (χ1n) is 8.63. The van der Waals surface area contributed by atoms with Gasteiger partial charge in [0.05, 0.1) is 6.33 Å². The van der Waals surface area contributed by atoms with E-state index in [1.54, 1.807) is 24.7 Å². The molecule has 0 fully saturated rings. The van der Waals surface area contributed by atoms with E-state index in [0.717, 1.165) is 22.3 Å². The molecule has 0 atom stereocenters. The standard InChI is InChI=1S/C22H20FN3/c1-22(2,3)26-14-25-19-12-16(13-24-21(19)26)18-11-7-10-17(20(18)23)15-8-5-4-6-9-15/h4-14H,1-3H3. The minimum absolute atomic E-state index is 0.109. The predicted octanol–water partition coefficient (Wildman–Crippen LogP) is 5.66. The first-order valence-corrected chi connectivity index (χ1v) is 8.63. The summed E-state index contributed by atoms with van der Waals surface area (Å²) in [6.45, 7) is 6.31. The quantitative estimate of drug-likeness (QED) is 0.469. The maximum absolute atomic E-state index is 15.2. The molecule has 0 spiro atoms. The fourth-order valence-corrected chi connectivity index (χ4v) is 3.13.